The molecule has 0 aliphatic heterocycles. The lowest BCUT2D eigenvalue weighted by molar-refractivity contribution is 0.162. The van der Waals surface area contributed by atoms with Gasteiger partial charge in [0.2, 0.25) is 1.61 Å². The molecule has 0 bridgehead atoms. The molecule has 0 fully saturated rings. The van der Waals surface area contributed by atoms with Crippen LogP contribution in [0.15, 0.2) is 0 Å². The fourth-order valence-electron chi connectivity index (χ4n) is 0.361. The van der Waals surface area contributed by atoms with Crippen molar-refractivity contribution < 1.29 is 5.11 Å². The highest BCUT2D eigenvalue weighted by molar-refractivity contribution is 14.3. The summed E-state index contributed by atoms with van der Waals surface area (Å²) >= 11 is 20.5. The van der Waals surface area contributed by atoms with Gasteiger partial charge in [-0.3, -0.25) is 0 Å². The highest BCUT2D eigenvalue weighted by atomic mass is 127. The van der Waals surface area contributed by atoms with Crippen molar-refractivity contribution in [3.63, 3.8) is 0 Å². The quantitative estimate of drug-likeness (QED) is 0.214. The molecule has 0 saturated heterocycles. The Hall–Kier alpha value is 6.53. The van der Waals surface area contributed by atoms with E-state index in [2.05, 4.69) is 158 Å². The van der Waals surface area contributed by atoms with Crippen molar-refractivity contribution in [2.24, 2.45) is 0 Å². The van der Waals surface area contributed by atoms with Gasteiger partial charge >= 0.3 is 0 Å². The van der Waals surface area contributed by atoms with Crippen LogP contribution in [0.1, 0.15) is 0 Å². The molecule has 0 aromatic carbocycles. The van der Waals surface area contributed by atoms with Gasteiger partial charge in [-0.2, -0.15) is 0 Å². The Labute approximate surface area is 206 Å². The standard InChI is InChI=1S/C4I9O/c5-1(6,3(9,10)11)2(7,8)4(12,13)14. The van der Waals surface area contributed by atoms with Gasteiger partial charge in [-0.05, 0) is 45.2 Å². The summed E-state index contributed by atoms with van der Waals surface area (Å²) in [5, 5.41) is 12.2. The topological polar surface area (TPSA) is 19.9 Å². The van der Waals surface area contributed by atoms with Crippen LogP contribution in [0, 0.1) is 0 Å². The summed E-state index contributed by atoms with van der Waals surface area (Å²) < 4.78 is -1.54. The lowest BCUT2D eigenvalue weighted by Gasteiger charge is -2.44. The van der Waals surface area contributed by atoms with E-state index >= 15 is 0 Å². The van der Waals surface area contributed by atoms with E-state index < -0.39 is 1.61 Å². The molecule has 0 atom stereocenters. The maximum absolute atomic E-state index is 12.2. The van der Waals surface area contributed by atoms with E-state index in [4.69, 9.17) is 0 Å². The third-order valence-electron chi connectivity index (χ3n) is 1.12. The summed E-state index contributed by atoms with van der Waals surface area (Å²) in [6.07, 6.45) is 0. The van der Waals surface area contributed by atoms with Crippen LogP contribution in [0.25, 0.3) is 0 Å². The number of halogens is 9. The fraction of sp³-hybridized carbons (Fsp3) is 1.00. The third kappa shape index (κ3) is 5.06. The van der Waals surface area contributed by atoms with E-state index in [0.29, 0.717) is 0 Å². The van der Waals surface area contributed by atoms with Gasteiger partial charge in [0.15, 0.2) is 1.43 Å². The SMILES string of the molecule is [O]C(I)(I)C(I)(I)C(I)(I)C(I)(I)I. The van der Waals surface area contributed by atoms with Crippen LogP contribution in [-0.2, 0) is 5.11 Å². The van der Waals surface area contributed by atoms with Gasteiger partial charge in [-0.25, -0.2) is 5.11 Å². The normalized spacial score (nSPS) is 15.9. The summed E-state index contributed by atoms with van der Waals surface area (Å²) in [5.41, 5.74) is 0. The largest absolute Gasteiger partial charge is 0.229 e. The summed E-state index contributed by atoms with van der Waals surface area (Å²) in [6, 6.07) is 0. The maximum atomic E-state index is 12.2. The van der Waals surface area contributed by atoms with E-state index in [1.54, 1.807) is 0 Å². The smallest absolute Gasteiger partial charge is 0.204 e. The van der Waals surface area contributed by atoms with E-state index in [9.17, 15) is 5.11 Å². The number of rotatable bonds is 3. The molecule has 85 valence electrons. The average molecular weight is 1210 g/mol. The Morgan fingerprint density at radius 2 is 0.857 bits per heavy atom. The van der Waals surface area contributed by atoms with Crippen molar-refractivity contribution in [2.75, 3.05) is 0 Å². The lowest BCUT2D eigenvalue weighted by atomic mass is 10.3. The van der Waals surface area contributed by atoms with Crippen LogP contribution in [-0.4, -0.2) is 3.91 Å². The van der Waals surface area contributed by atoms with Crippen LogP contribution in [0.2, 0.25) is 0 Å². The molecule has 0 heterocycles. The van der Waals surface area contributed by atoms with E-state index in [1.165, 1.54) is 0 Å². The first kappa shape index (κ1) is 20.5. The predicted octanol–water partition coefficient (Wildman–Crippen LogP) is 7.03. The summed E-state index contributed by atoms with van der Waals surface area (Å²) in [6.45, 7) is 0. The Balaban J connectivity index is 5.30. The fourth-order valence-corrected chi connectivity index (χ4v) is 9.11. The molecular formula is C4I9O. The maximum Gasteiger partial charge on any atom is 0.229 e. The molecule has 0 aliphatic carbocycles. The van der Waals surface area contributed by atoms with Gasteiger partial charge in [-0.1, -0.05) is 158 Å². The van der Waals surface area contributed by atoms with Gasteiger partial charge < -0.3 is 0 Å². The Morgan fingerprint density at radius 3 is 0.929 bits per heavy atom. The van der Waals surface area contributed by atoms with Crippen molar-refractivity contribution >= 4 is 203 Å². The van der Waals surface area contributed by atoms with Crippen molar-refractivity contribution in [2.45, 2.75) is 3.91 Å². The molecule has 0 rings (SSSR count). The summed E-state index contributed by atoms with van der Waals surface area (Å²) in [7, 11) is 0. The predicted molar refractivity (Wildman–Crippen MR) is 138 cm³/mol. The molecule has 0 saturated carbocycles. The van der Waals surface area contributed by atoms with Crippen molar-refractivity contribution in [3.8, 4) is 0 Å². The Bertz CT molecular complexity index is 186. The first-order valence-corrected chi connectivity index (χ1v) is 12.4. The molecule has 0 aromatic rings. The van der Waals surface area contributed by atoms with E-state index in [0.717, 1.165) is 0 Å². The number of hydrogen-bond donors (Lipinski definition) is 0. The zero-order valence-electron chi connectivity index (χ0n) is 5.81. The summed E-state index contributed by atoms with van der Waals surface area (Å²) in [5.74, 6) is 0. The van der Waals surface area contributed by atoms with Gasteiger partial charge in [0.25, 0.3) is 0 Å². The molecule has 1 radical (unpaired) electrons. The molecule has 1 nitrogen and oxygen atoms in total. The van der Waals surface area contributed by atoms with Crippen molar-refractivity contribution in [3.05, 3.63) is 0 Å². The van der Waals surface area contributed by atoms with Crippen LogP contribution in [0.3, 0.4) is 0 Å². The Morgan fingerprint density at radius 1 is 0.571 bits per heavy atom. The van der Waals surface area contributed by atoms with Gasteiger partial charge in [0.1, 0.15) is 0.864 Å². The summed E-state index contributed by atoms with van der Waals surface area (Å²) in [4.78, 5) is 0. The molecule has 0 aliphatic rings. The Kier molecular flexibility index (Phi) is 10.6. The minimum absolute atomic E-state index is 0.00418. The molecular weight excluding hydrogens is 1210 g/mol. The second kappa shape index (κ2) is 7.19. The van der Waals surface area contributed by atoms with E-state index in [-0.39, 0.29) is 2.29 Å². The van der Waals surface area contributed by atoms with Crippen LogP contribution in [0.5, 0.6) is 0 Å². The second-order valence-electron chi connectivity index (χ2n) is 2.16. The van der Waals surface area contributed by atoms with E-state index in [1.807, 2.05) is 45.2 Å². The highest BCUT2D eigenvalue weighted by Crippen LogP contribution is 2.69. The molecule has 14 heavy (non-hydrogen) atoms. The number of hydrogen-bond acceptors (Lipinski definition) is 0. The zero-order chi connectivity index (χ0) is 12.0. The molecule has 10 heteroatoms. The van der Waals surface area contributed by atoms with Gasteiger partial charge in [0, 0.05) is 0 Å². The van der Waals surface area contributed by atoms with Gasteiger partial charge in [0.05, 0.1) is 0 Å². The molecule has 0 aromatic heterocycles. The van der Waals surface area contributed by atoms with Gasteiger partial charge in [-0.15, -0.1) is 0 Å². The van der Waals surface area contributed by atoms with Crippen LogP contribution in [0.4, 0.5) is 0 Å². The monoisotopic (exact) mass is 1210 g/mol. The minimum atomic E-state index is -1.03. The van der Waals surface area contributed by atoms with Crippen LogP contribution < -0.4 is 0 Å². The number of alkyl halides is 9. The first-order valence-electron chi connectivity index (χ1n) is 2.65. The molecule has 0 N–H and O–H groups in total. The zero-order valence-corrected chi connectivity index (χ0v) is 25.2. The molecule has 0 unspecified atom stereocenters. The lowest BCUT2D eigenvalue weighted by Crippen LogP contribution is -2.52. The average Bonchev–Trinajstić information content (AvgIpc) is 1.81. The second-order valence-corrected chi connectivity index (χ2v) is 28.9. The van der Waals surface area contributed by atoms with Crippen molar-refractivity contribution in [1.82, 2.24) is 0 Å². The minimum Gasteiger partial charge on any atom is -0.204 e. The first-order chi connectivity index (χ1) is 5.75. The molecule has 0 spiro atoms. The molecule has 0 amide bonds. The highest BCUT2D eigenvalue weighted by Gasteiger charge is 2.64. The van der Waals surface area contributed by atoms with Crippen LogP contribution >= 0.6 is 203 Å². The van der Waals surface area contributed by atoms with Crippen molar-refractivity contribution in [1.29, 1.82) is 0 Å². The third-order valence-corrected chi connectivity index (χ3v) is 26.0.